The molecule has 2 saturated carbocycles. The van der Waals surface area contributed by atoms with Gasteiger partial charge >= 0.3 is 0 Å². The highest BCUT2D eigenvalue weighted by Crippen LogP contribution is 2.35. The Morgan fingerprint density at radius 1 is 1.03 bits per heavy atom. The molecule has 1 aromatic heterocycles. The summed E-state index contributed by atoms with van der Waals surface area (Å²) >= 11 is 0. The van der Waals surface area contributed by atoms with E-state index in [1.165, 1.54) is 6.07 Å². The van der Waals surface area contributed by atoms with Crippen LogP contribution in [0.15, 0.2) is 42.6 Å². The van der Waals surface area contributed by atoms with E-state index in [4.69, 9.17) is 0 Å². The minimum absolute atomic E-state index is 0.0774. The maximum absolute atomic E-state index is 15.1. The van der Waals surface area contributed by atoms with Crippen LogP contribution in [0.5, 0.6) is 0 Å². The molecule has 5 rings (SSSR count). The van der Waals surface area contributed by atoms with Crippen LogP contribution in [0.2, 0.25) is 0 Å². The Labute approximate surface area is 206 Å². The number of aryl methyl sites for hydroxylation is 1. The predicted octanol–water partition coefficient (Wildman–Crippen LogP) is 6.89. The molecule has 0 atom stereocenters. The van der Waals surface area contributed by atoms with Gasteiger partial charge in [-0.1, -0.05) is 26.0 Å². The monoisotopic (exact) mass is 472 g/mol. The quantitative estimate of drug-likeness (QED) is 0.381. The summed E-state index contributed by atoms with van der Waals surface area (Å²) in [4.78, 5) is 30.0. The predicted molar refractivity (Wildman–Crippen MR) is 137 cm³/mol. The lowest BCUT2D eigenvalue weighted by molar-refractivity contribution is 0.0921. The molecule has 1 amide bonds. The van der Waals surface area contributed by atoms with E-state index in [2.05, 4.69) is 17.2 Å². The van der Waals surface area contributed by atoms with Gasteiger partial charge in [0.05, 0.1) is 5.52 Å². The molecule has 1 heterocycles. The molecule has 0 bridgehead atoms. The molecule has 2 fully saturated rings. The molecular weight excluding hydrogens is 439 g/mol. The number of amides is 1. The summed E-state index contributed by atoms with van der Waals surface area (Å²) in [5.41, 5.74) is 3.88. The number of carbonyl (C=O) groups is 2. The van der Waals surface area contributed by atoms with Gasteiger partial charge in [-0.25, -0.2) is 4.39 Å². The second kappa shape index (κ2) is 9.88. The number of Topliss-reactive ketones (excluding diaryl/α,β-unsaturated/α-hetero) is 1. The molecular formula is C30H33FN2O2. The zero-order valence-corrected chi connectivity index (χ0v) is 20.6. The largest absolute Gasteiger partial charge is 0.349 e. The van der Waals surface area contributed by atoms with Gasteiger partial charge in [0.1, 0.15) is 5.82 Å². The van der Waals surface area contributed by atoms with Crippen LogP contribution in [0.3, 0.4) is 0 Å². The number of carbonyl (C=O) groups excluding carboxylic acids is 2. The van der Waals surface area contributed by atoms with Crippen LogP contribution in [-0.4, -0.2) is 22.7 Å². The number of nitrogens with zero attached hydrogens (tertiary/aromatic N) is 1. The third-order valence-electron chi connectivity index (χ3n) is 7.70. The normalized spacial score (nSPS) is 20.1. The van der Waals surface area contributed by atoms with Crippen LogP contribution >= 0.6 is 0 Å². The van der Waals surface area contributed by atoms with E-state index in [-0.39, 0.29) is 23.5 Å². The van der Waals surface area contributed by atoms with Gasteiger partial charge in [-0.05, 0) is 86.1 Å². The highest BCUT2D eigenvalue weighted by Gasteiger charge is 2.27. The first-order valence-corrected chi connectivity index (χ1v) is 13.0. The van der Waals surface area contributed by atoms with Crippen molar-refractivity contribution in [3.63, 3.8) is 0 Å². The number of aromatic nitrogens is 1. The Bertz CT molecular complexity index is 1260. The molecule has 1 N–H and O–H groups in total. The molecule has 2 aliphatic carbocycles. The average Bonchev–Trinajstić information content (AvgIpc) is 3.68. The highest BCUT2D eigenvalue weighted by molar-refractivity contribution is 6.02. The molecule has 5 heteroatoms. The molecule has 0 unspecified atom stereocenters. The van der Waals surface area contributed by atoms with Crippen molar-refractivity contribution in [1.29, 1.82) is 0 Å². The van der Waals surface area contributed by atoms with Gasteiger partial charge < -0.3 is 5.32 Å². The molecule has 0 radical (unpaired) electrons. The molecule has 182 valence electrons. The summed E-state index contributed by atoms with van der Waals surface area (Å²) in [5.74, 6) is 0.926. The van der Waals surface area contributed by atoms with Gasteiger partial charge in [0.2, 0.25) is 0 Å². The molecule has 2 aromatic carbocycles. The van der Waals surface area contributed by atoms with Crippen molar-refractivity contribution in [3.05, 3.63) is 65.1 Å². The Kier molecular flexibility index (Phi) is 6.68. The fourth-order valence-corrected chi connectivity index (χ4v) is 5.28. The number of rotatable bonds is 7. The van der Waals surface area contributed by atoms with E-state index < -0.39 is 0 Å². The summed E-state index contributed by atoms with van der Waals surface area (Å²) in [6.45, 7) is 4.28. The minimum Gasteiger partial charge on any atom is -0.349 e. The topological polar surface area (TPSA) is 59.1 Å². The van der Waals surface area contributed by atoms with Crippen molar-refractivity contribution in [2.75, 3.05) is 0 Å². The van der Waals surface area contributed by atoms with Crippen LogP contribution in [0.1, 0.15) is 85.1 Å². The number of fused-ring (bicyclic) bond motifs is 1. The fourth-order valence-electron chi connectivity index (χ4n) is 5.28. The van der Waals surface area contributed by atoms with Crippen LogP contribution in [0.25, 0.3) is 22.0 Å². The summed E-state index contributed by atoms with van der Waals surface area (Å²) < 4.78 is 15.1. The first-order chi connectivity index (χ1) is 16.9. The third-order valence-corrected chi connectivity index (χ3v) is 7.70. The summed E-state index contributed by atoms with van der Waals surface area (Å²) in [6.07, 6.45) is 9.44. The number of hydrogen-bond donors (Lipinski definition) is 1. The Hall–Kier alpha value is -3.08. The van der Waals surface area contributed by atoms with Gasteiger partial charge in [0.15, 0.2) is 5.78 Å². The maximum Gasteiger partial charge on any atom is 0.251 e. The van der Waals surface area contributed by atoms with Crippen LogP contribution in [-0.2, 0) is 6.42 Å². The van der Waals surface area contributed by atoms with Crippen molar-refractivity contribution in [1.82, 2.24) is 10.3 Å². The van der Waals surface area contributed by atoms with Gasteiger partial charge in [-0.3, -0.25) is 14.6 Å². The zero-order valence-electron chi connectivity index (χ0n) is 20.6. The summed E-state index contributed by atoms with van der Waals surface area (Å²) in [6, 6.07) is 10.6. The zero-order chi connectivity index (χ0) is 24.5. The third kappa shape index (κ3) is 5.14. The first kappa shape index (κ1) is 23.7. The van der Waals surface area contributed by atoms with E-state index in [1.54, 1.807) is 30.5 Å². The maximum atomic E-state index is 15.1. The molecule has 0 saturated heterocycles. The summed E-state index contributed by atoms with van der Waals surface area (Å²) in [5, 5.41) is 3.97. The molecule has 3 aromatic rings. The molecule has 35 heavy (non-hydrogen) atoms. The second-order valence-electron chi connectivity index (χ2n) is 10.4. The summed E-state index contributed by atoms with van der Waals surface area (Å²) in [7, 11) is 0. The van der Waals surface area contributed by atoms with Crippen molar-refractivity contribution >= 4 is 22.6 Å². The first-order valence-electron chi connectivity index (χ1n) is 13.0. The minimum atomic E-state index is -0.363. The molecule has 0 aliphatic heterocycles. The smallest absolute Gasteiger partial charge is 0.251 e. The van der Waals surface area contributed by atoms with Crippen molar-refractivity contribution in [2.45, 2.75) is 71.3 Å². The van der Waals surface area contributed by atoms with Crippen LogP contribution in [0, 0.1) is 17.7 Å². The fraction of sp³-hybridized carbons (Fsp3) is 0.433. The number of halogens is 1. The second-order valence-corrected chi connectivity index (χ2v) is 10.4. The number of ketones is 1. The number of pyridine rings is 1. The lowest BCUT2D eigenvalue weighted by Crippen LogP contribution is -2.37. The Morgan fingerprint density at radius 3 is 2.40 bits per heavy atom. The number of benzene rings is 2. The van der Waals surface area contributed by atoms with Crippen molar-refractivity contribution in [3.8, 4) is 11.1 Å². The van der Waals surface area contributed by atoms with Crippen LogP contribution in [0.4, 0.5) is 4.39 Å². The van der Waals surface area contributed by atoms with E-state index in [0.717, 1.165) is 55.4 Å². The van der Waals surface area contributed by atoms with Gasteiger partial charge in [-0.15, -0.1) is 0 Å². The van der Waals surface area contributed by atoms with Gasteiger partial charge in [0.25, 0.3) is 5.91 Å². The SMILES string of the molecule is CCc1c(C(=O)CC2CC2)cnc2cc(F)c(-c3ccc(C(=O)NC4CCC(C)CC4)cc3)cc12. The van der Waals surface area contributed by atoms with Crippen molar-refractivity contribution < 1.29 is 14.0 Å². The van der Waals surface area contributed by atoms with Crippen LogP contribution < -0.4 is 5.32 Å². The van der Waals surface area contributed by atoms with E-state index in [0.29, 0.717) is 46.5 Å². The average molecular weight is 473 g/mol. The highest BCUT2D eigenvalue weighted by atomic mass is 19.1. The van der Waals surface area contributed by atoms with Crippen molar-refractivity contribution in [2.24, 2.45) is 11.8 Å². The van der Waals surface area contributed by atoms with E-state index >= 15 is 4.39 Å². The Morgan fingerprint density at radius 2 is 1.74 bits per heavy atom. The van der Waals surface area contributed by atoms with Gasteiger partial charge in [-0.2, -0.15) is 0 Å². The number of nitrogens with one attached hydrogen (secondary N) is 1. The van der Waals surface area contributed by atoms with Gasteiger partial charge in [0, 0.05) is 46.8 Å². The van der Waals surface area contributed by atoms with E-state index in [1.807, 2.05) is 13.0 Å². The molecule has 2 aliphatic rings. The molecule has 4 nitrogen and oxygen atoms in total. The van der Waals surface area contributed by atoms with E-state index in [9.17, 15) is 9.59 Å². The number of hydrogen-bond acceptors (Lipinski definition) is 3. The lowest BCUT2D eigenvalue weighted by atomic mass is 9.87. The lowest BCUT2D eigenvalue weighted by Gasteiger charge is -2.26. The Balaban J connectivity index is 1.41. The standard InChI is InChI=1S/C30H33FN2O2/c1-3-23-25-15-24(27(31)16-28(25)32-17-26(23)29(34)14-19-6-7-19)20-8-10-21(11-9-20)30(35)33-22-12-4-18(2)5-13-22/h8-11,15-19,22H,3-7,12-14H2,1-2H3,(H,33,35). The molecule has 0 spiro atoms.